The Bertz CT molecular complexity index is 251. The van der Waals surface area contributed by atoms with Crippen LogP contribution in [0.1, 0.15) is 37.9 Å². The summed E-state index contributed by atoms with van der Waals surface area (Å²) in [6, 6.07) is 3.44. The van der Waals surface area contributed by atoms with E-state index < -0.39 is 11.9 Å². The predicted octanol–water partition coefficient (Wildman–Crippen LogP) is 2.64. The summed E-state index contributed by atoms with van der Waals surface area (Å²) in [5, 5.41) is 8.91. The van der Waals surface area contributed by atoms with Crippen LogP contribution in [-0.2, 0) is 4.79 Å². The molecule has 0 aliphatic rings. The van der Waals surface area contributed by atoms with E-state index in [1.807, 2.05) is 6.92 Å². The first-order valence-corrected chi connectivity index (χ1v) is 4.52. The zero-order valence-corrected chi connectivity index (χ0v) is 7.69. The van der Waals surface area contributed by atoms with Crippen molar-refractivity contribution >= 4 is 5.97 Å². The molecule has 3 nitrogen and oxygen atoms in total. The molecule has 0 aliphatic carbocycles. The van der Waals surface area contributed by atoms with Crippen molar-refractivity contribution < 1.29 is 14.3 Å². The molecule has 0 saturated heterocycles. The van der Waals surface area contributed by atoms with Gasteiger partial charge < -0.3 is 9.52 Å². The van der Waals surface area contributed by atoms with E-state index in [1.165, 1.54) is 6.26 Å². The lowest BCUT2D eigenvalue weighted by Crippen LogP contribution is -2.10. The maximum absolute atomic E-state index is 10.8. The van der Waals surface area contributed by atoms with Gasteiger partial charge in [-0.1, -0.05) is 19.8 Å². The van der Waals surface area contributed by atoms with Crippen molar-refractivity contribution in [2.45, 2.75) is 32.1 Å². The van der Waals surface area contributed by atoms with Gasteiger partial charge in [0.05, 0.1) is 6.26 Å². The van der Waals surface area contributed by atoms with Crippen molar-refractivity contribution in [3.05, 3.63) is 24.2 Å². The number of hydrogen-bond donors (Lipinski definition) is 1. The molecule has 3 heteroatoms. The molecule has 0 fully saturated rings. The van der Waals surface area contributed by atoms with E-state index in [4.69, 9.17) is 9.52 Å². The van der Waals surface area contributed by atoms with Gasteiger partial charge in [-0.25, -0.2) is 0 Å². The van der Waals surface area contributed by atoms with Gasteiger partial charge >= 0.3 is 5.97 Å². The third-order valence-electron chi connectivity index (χ3n) is 2.03. The van der Waals surface area contributed by atoms with Gasteiger partial charge in [-0.2, -0.15) is 0 Å². The number of furan rings is 1. The van der Waals surface area contributed by atoms with Crippen LogP contribution in [0.3, 0.4) is 0 Å². The summed E-state index contributed by atoms with van der Waals surface area (Å²) < 4.78 is 5.07. The van der Waals surface area contributed by atoms with Crippen molar-refractivity contribution in [3.63, 3.8) is 0 Å². The molecule has 0 saturated carbocycles. The van der Waals surface area contributed by atoms with Gasteiger partial charge in [0.25, 0.3) is 0 Å². The fourth-order valence-corrected chi connectivity index (χ4v) is 1.29. The Balaban J connectivity index is 2.63. The maximum atomic E-state index is 10.8. The fourth-order valence-electron chi connectivity index (χ4n) is 1.29. The molecular formula is C10H14O3. The highest BCUT2D eigenvalue weighted by molar-refractivity contribution is 5.75. The molecule has 0 amide bonds. The monoisotopic (exact) mass is 182 g/mol. The molecule has 1 heterocycles. The number of rotatable bonds is 5. The maximum Gasteiger partial charge on any atom is 0.314 e. The molecule has 72 valence electrons. The molecule has 1 atom stereocenters. The molecule has 1 N–H and O–H groups in total. The Morgan fingerprint density at radius 1 is 1.69 bits per heavy atom. The largest absolute Gasteiger partial charge is 0.481 e. The number of carbonyl (C=O) groups is 1. The summed E-state index contributed by atoms with van der Waals surface area (Å²) in [4.78, 5) is 10.8. The Kier molecular flexibility index (Phi) is 3.55. The van der Waals surface area contributed by atoms with Crippen LogP contribution in [0.5, 0.6) is 0 Å². The molecule has 0 radical (unpaired) electrons. The minimum Gasteiger partial charge on any atom is -0.481 e. The predicted molar refractivity (Wildman–Crippen MR) is 48.6 cm³/mol. The van der Waals surface area contributed by atoms with Crippen LogP contribution >= 0.6 is 0 Å². The summed E-state index contributed by atoms with van der Waals surface area (Å²) in [5.41, 5.74) is 0. The van der Waals surface area contributed by atoms with Crippen LogP contribution < -0.4 is 0 Å². The minimum atomic E-state index is -0.802. The van der Waals surface area contributed by atoms with Crippen molar-refractivity contribution in [1.29, 1.82) is 0 Å². The lowest BCUT2D eigenvalue weighted by atomic mass is 10.00. The van der Waals surface area contributed by atoms with Crippen LogP contribution in [0, 0.1) is 0 Å². The van der Waals surface area contributed by atoms with Gasteiger partial charge in [0.2, 0.25) is 0 Å². The smallest absolute Gasteiger partial charge is 0.314 e. The second kappa shape index (κ2) is 4.70. The first kappa shape index (κ1) is 9.84. The van der Waals surface area contributed by atoms with E-state index in [-0.39, 0.29) is 0 Å². The third-order valence-corrected chi connectivity index (χ3v) is 2.03. The number of carboxylic acids is 1. The molecule has 1 rings (SSSR count). The summed E-state index contributed by atoms with van der Waals surface area (Å²) in [5.74, 6) is -0.723. The highest BCUT2D eigenvalue weighted by atomic mass is 16.4. The zero-order chi connectivity index (χ0) is 9.68. The van der Waals surface area contributed by atoms with Gasteiger partial charge in [0.1, 0.15) is 11.7 Å². The van der Waals surface area contributed by atoms with E-state index in [2.05, 4.69) is 0 Å². The number of carboxylic acid groups (broad SMARTS) is 1. The van der Waals surface area contributed by atoms with Gasteiger partial charge in [-0.3, -0.25) is 4.79 Å². The normalized spacial score (nSPS) is 12.7. The van der Waals surface area contributed by atoms with Crippen LogP contribution in [0.25, 0.3) is 0 Å². The highest BCUT2D eigenvalue weighted by Crippen LogP contribution is 2.22. The van der Waals surface area contributed by atoms with E-state index in [0.717, 1.165) is 12.8 Å². The van der Waals surface area contributed by atoms with E-state index >= 15 is 0 Å². The summed E-state index contributed by atoms with van der Waals surface area (Å²) in [6.45, 7) is 2.04. The molecule has 0 spiro atoms. The van der Waals surface area contributed by atoms with Gasteiger partial charge in [-0.05, 0) is 18.6 Å². The van der Waals surface area contributed by atoms with Crippen LogP contribution in [0.2, 0.25) is 0 Å². The average molecular weight is 182 g/mol. The van der Waals surface area contributed by atoms with Gasteiger partial charge in [-0.15, -0.1) is 0 Å². The Morgan fingerprint density at radius 3 is 2.92 bits per heavy atom. The Hall–Kier alpha value is -1.25. The second-order valence-corrected chi connectivity index (χ2v) is 3.05. The molecule has 0 aliphatic heterocycles. The molecule has 0 aromatic carbocycles. The quantitative estimate of drug-likeness (QED) is 0.761. The Morgan fingerprint density at radius 2 is 2.46 bits per heavy atom. The first-order chi connectivity index (χ1) is 6.25. The first-order valence-electron chi connectivity index (χ1n) is 4.52. The molecule has 13 heavy (non-hydrogen) atoms. The van der Waals surface area contributed by atoms with E-state index in [1.54, 1.807) is 12.1 Å². The third kappa shape index (κ3) is 2.61. The van der Waals surface area contributed by atoms with Crippen molar-refractivity contribution in [1.82, 2.24) is 0 Å². The van der Waals surface area contributed by atoms with Crippen molar-refractivity contribution in [3.8, 4) is 0 Å². The zero-order valence-electron chi connectivity index (χ0n) is 7.69. The average Bonchev–Trinajstić information content (AvgIpc) is 2.57. The van der Waals surface area contributed by atoms with E-state index in [9.17, 15) is 4.79 Å². The SMILES string of the molecule is CCCCC(C(=O)O)c1ccco1. The molecular weight excluding hydrogens is 168 g/mol. The lowest BCUT2D eigenvalue weighted by Gasteiger charge is -2.07. The molecule has 1 unspecified atom stereocenters. The van der Waals surface area contributed by atoms with Crippen LogP contribution in [0.4, 0.5) is 0 Å². The van der Waals surface area contributed by atoms with Crippen molar-refractivity contribution in [2.75, 3.05) is 0 Å². The number of unbranched alkanes of at least 4 members (excludes halogenated alkanes) is 1. The van der Waals surface area contributed by atoms with E-state index in [0.29, 0.717) is 12.2 Å². The fraction of sp³-hybridized carbons (Fsp3) is 0.500. The summed E-state index contributed by atoms with van der Waals surface area (Å²) in [7, 11) is 0. The molecule has 1 aromatic rings. The van der Waals surface area contributed by atoms with Crippen molar-refractivity contribution in [2.24, 2.45) is 0 Å². The molecule has 0 bridgehead atoms. The van der Waals surface area contributed by atoms with Gasteiger partial charge in [0, 0.05) is 0 Å². The standard InChI is InChI=1S/C10H14O3/c1-2-3-5-8(10(11)12)9-6-4-7-13-9/h4,6-8H,2-3,5H2,1H3,(H,11,12). The topological polar surface area (TPSA) is 50.4 Å². The van der Waals surface area contributed by atoms with Gasteiger partial charge in [0.15, 0.2) is 0 Å². The number of aliphatic carboxylic acids is 1. The summed E-state index contributed by atoms with van der Waals surface area (Å²) >= 11 is 0. The highest BCUT2D eigenvalue weighted by Gasteiger charge is 2.21. The van der Waals surface area contributed by atoms with Crippen LogP contribution in [0.15, 0.2) is 22.8 Å². The minimum absolute atomic E-state index is 0.477. The van der Waals surface area contributed by atoms with Crippen LogP contribution in [-0.4, -0.2) is 11.1 Å². The number of hydrogen-bond acceptors (Lipinski definition) is 2. The lowest BCUT2D eigenvalue weighted by molar-refractivity contribution is -0.139. The second-order valence-electron chi connectivity index (χ2n) is 3.05. The Labute approximate surface area is 77.4 Å². The summed E-state index contributed by atoms with van der Waals surface area (Å²) in [6.07, 6.45) is 4.08. The molecule has 1 aromatic heterocycles.